The van der Waals surface area contributed by atoms with E-state index in [1.54, 1.807) is 28.8 Å². The van der Waals surface area contributed by atoms with E-state index in [2.05, 4.69) is 10.2 Å². The quantitative estimate of drug-likeness (QED) is 0.804. The van der Waals surface area contributed by atoms with Crippen LogP contribution in [0.25, 0.3) is 11.4 Å². The van der Waals surface area contributed by atoms with Gasteiger partial charge in [0.15, 0.2) is 15.7 Å². The number of halogens is 1. The van der Waals surface area contributed by atoms with Crippen LogP contribution in [0.1, 0.15) is 5.82 Å². The summed E-state index contributed by atoms with van der Waals surface area (Å²) in [6.45, 7) is 0. The Bertz CT molecular complexity index is 662. The van der Waals surface area contributed by atoms with E-state index in [1.165, 1.54) is 6.26 Å². The van der Waals surface area contributed by atoms with Gasteiger partial charge in [-0.3, -0.25) is 0 Å². The maximum Gasteiger partial charge on any atom is 0.175 e. The van der Waals surface area contributed by atoms with Crippen LogP contribution in [0.5, 0.6) is 0 Å². The molecule has 0 aliphatic carbocycles. The molecule has 0 aliphatic heterocycles. The minimum absolute atomic E-state index is 0.283. The second kappa shape index (κ2) is 4.70. The topological polar surface area (TPSA) is 64.8 Å². The minimum atomic E-state index is -3.18. The summed E-state index contributed by atoms with van der Waals surface area (Å²) in [5, 5.41) is 7.97. The van der Waals surface area contributed by atoms with Crippen molar-refractivity contribution in [1.82, 2.24) is 14.8 Å². The fourth-order valence-electron chi connectivity index (χ4n) is 1.58. The average Bonchev–Trinajstić information content (AvgIpc) is 2.69. The first kappa shape index (κ1) is 13.0. The Morgan fingerprint density at radius 3 is 2.28 bits per heavy atom. The molecule has 96 valence electrons. The van der Waals surface area contributed by atoms with Crippen molar-refractivity contribution < 1.29 is 8.42 Å². The molecule has 0 unspecified atom stereocenters. The van der Waals surface area contributed by atoms with Gasteiger partial charge in [0.2, 0.25) is 0 Å². The molecule has 0 radical (unpaired) electrons. The highest BCUT2D eigenvalue weighted by molar-refractivity contribution is 7.90. The molecule has 0 fully saturated rings. The van der Waals surface area contributed by atoms with Gasteiger partial charge in [-0.2, -0.15) is 0 Å². The molecule has 2 aromatic rings. The first-order chi connectivity index (χ1) is 8.43. The number of alkyl halides is 1. The molecule has 0 spiro atoms. The highest BCUT2D eigenvalue weighted by Crippen LogP contribution is 2.20. The lowest BCUT2D eigenvalue weighted by Crippen LogP contribution is -1.99. The van der Waals surface area contributed by atoms with E-state index in [-0.39, 0.29) is 10.8 Å². The summed E-state index contributed by atoms with van der Waals surface area (Å²) in [4.78, 5) is 0.283. The van der Waals surface area contributed by atoms with Crippen LogP contribution in [0, 0.1) is 0 Å². The van der Waals surface area contributed by atoms with Crippen molar-refractivity contribution in [2.45, 2.75) is 10.8 Å². The van der Waals surface area contributed by atoms with Crippen LogP contribution < -0.4 is 0 Å². The van der Waals surface area contributed by atoms with Crippen molar-refractivity contribution >= 4 is 21.4 Å². The van der Waals surface area contributed by atoms with Crippen molar-refractivity contribution in [3.63, 3.8) is 0 Å². The van der Waals surface area contributed by atoms with Crippen LogP contribution in [0.15, 0.2) is 29.2 Å². The Labute approximate surface area is 110 Å². The fourth-order valence-corrected chi connectivity index (χ4v) is 2.44. The third-order valence-electron chi connectivity index (χ3n) is 2.63. The molecule has 0 bridgehead atoms. The van der Waals surface area contributed by atoms with Gasteiger partial charge in [0.1, 0.15) is 5.82 Å². The molecular formula is C11H12ClN3O2S. The summed E-state index contributed by atoms with van der Waals surface area (Å²) in [5.41, 5.74) is 0.800. The first-order valence-corrected chi connectivity index (χ1v) is 7.61. The first-order valence-electron chi connectivity index (χ1n) is 5.18. The number of nitrogens with zero attached hydrogens (tertiary/aromatic N) is 3. The molecule has 0 saturated carbocycles. The van der Waals surface area contributed by atoms with Gasteiger partial charge in [-0.15, -0.1) is 21.8 Å². The normalized spacial score (nSPS) is 11.7. The Kier molecular flexibility index (Phi) is 3.41. The molecule has 0 aliphatic rings. The van der Waals surface area contributed by atoms with E-state index >= 15 is 0 Å². The lowest BCUT2D eigenvalue weighted by atomic mass is 10.2. The zero-order chi connectivity index (χ0) is 13.3. The summed E-state index contributed by atoms with van der Waals surface area (Å²) in [5.74, 6) is 1.61. The third kappa shape index (κ3) is 2.39. The predicted molar refractivity (Wildman–Crippen MR) is 69.1 cm³/mol. The molecule has 5 nitrogen and oxygen atoms in total. The fraction of sp³-hybridized carbons (Fsp3) is 0.273. The van der Waals surface area contributed by atoms with Crippen LogP contribution in [-0.2, 0) is 22.8 Å². The van der Waals surface area contributed by atoms with Crippen LogP contribution in [-0.4, -0.2) is 29.4 Å². The maximum atomic E-state index is 11.3. The number of aromatic nitrogens is 3. The molecular weight excluding hydrogens is 274 g/mol. The predicted octanol–water partition coefficient (Wildman–Crippen LogP) is 1.62. The van der Waals surface area contributed by atoms with Gasteiger partial charge < -0.3 is 4.57 Å². The van der Waals surface area contributed by atoms with E-state index < -0.39 is 9.84 Å². The van der Waals surface area contributed by atoms with Crippen molar-refractivity contribution in [2.75, 3.05) is 6.26 Å². The summed E-state index contributed by atoms with van der Waals surface area (Å²) < 4.78 is 24.5. The number of hydrogen-bond donors (Lipinski definition) is 0. The zero-order valence-electron chi connectivity index (χ0n) is 9.96. The molecule has 1 aromatic carbocycles. The summed E-state index contributed by atoms with van der Waals surface area (Å²) in [7, 11) is -1.36. The molecule has 1 aromatic heterocycles. The standard InChI is InChI=1S/C11H12ClN3O2S/c1-15-10(7-12)13-14-11(15)8-3-5-9(6-4-8)18(2,16)17/h3-6H,7H2,1-2H3. The average molecular weight is 286 g/mol. The van der Waals surface area contributed by atoms with Crippen molar-refractivity contribution in [3.05, 3.63) is 30.1 Å². The molecule has 0 saturated heterocycles. The van der Waals surface area contributed by atoms with E-state index in [9.17, 15) is 8.42 Å². The molecule has 1 heterocycles. The van der Waals surface area contributed by atoms with E-state index in [4.69, 9.17) is 11.6 Å². The minimum Gasteiger partial charge on any atom is -0.313 e. The SMILES string of the molecule is Cn1c(CCl)nnc1-c1ccc(S(C)(=O)=O)cc1. The second-order valence-corrected chi connectivity index (χ2v) is 6.21. The second-order valence-electron chi connectivity index (χ2n) is 3.93. The number of benzene rings is 1. The number of rotatable bonds is 3. The van der Waals surface area contributed by atoms with Gasteiger partial charge in [0.25, 0.3) is 0 Å². The van der Waals surface area contributed by atoms with Crippen LogP contribution in [0.3, 0.4) is 0 Å². The molecule has 7 heteroatoms. The Morgan fingerprint density at radius 2 is 1.83 bits per heavy atom. The van der Waals surface area contributed by atoms with Gasteiger partial charge in [0, 0.05) is 18.9 Å². The highest BCUT2D eigenvalue weighted by Gasteiger charge is 2.11. The van der Waals surface area contributed by atoms with Gasteiger partial charge in [-0.25, -0.2) is 8.42 Å². The van der Waals surface area contributed by atoms with Gasteiger partial charge in [-0.1, -0.05) is 0 Å². The van der Waals surface area contributed by atoms with Gasteiger partial charge in [0.05, 0.1) is 10.8 Å². The van der Waals surface area contributed by atoms with E-state index in [0.29, 0.717) is 11.6 Å². The Hall–Kier alpha value is -1.40. The molecule has 0 amide bonds. The van der Waals surface area contributed by atoms with Crippen LogP contribution >= 0.6 is 11.6 Å². The van der Waals surface area contributed by atoms with Crippen LogP contribution in [0.4, 0.5) is 0 Å². The number of sulfone groups is 1. The maximum absolute atomic E-state index is 11.3. The van der Waals surface area contributed by atoms with Crippen molar-refractivity contribution in [3.8, 4) is 11.4 Å². The van der Waals surface area contributed by atoms with Gasteiger partial charge in [-0.05, 0) is 24.3 Å². The van der Waals surface area contributed by atoms with Crippen molar-refractivity contribution in [2.24, 2.45) is 7.05 Å². The monoisotopic (exact) mass is 285 g/mol. The van der Waals surface area contributed by atoms with E-state index in [0.717, 1.165) is 5.56 Å². The summed E-state index contributed by atoms with van der Waals surface area (Å²) >= 11 is 5.72. The zero-order valence-corrected chi connectivity index (χ0v) is 11.5. The van der Waals surface area contributed by atoms with Crippen molar-refractivity contribution in [1.29, 1.82) is 0 Å². The molecule has 18 heavy (non-hydrogen) atoms. The Morgan fingerprint density at radius 1 is 1.22 bits per heavy atom. The Balaban J connectivity index is 2.43. The van der Waals surface area contributed by atoms with E-state index in [1.807, 2.05) is 7.05 Å². The highest BCUT2D eigenvalue weighted by atomic mass is 35.5. The summed E-state index contributed by atoms with van der Waals surface area (Å²) in [6, 6.07) is 6.52. The van der Waals surface area contributed by atoms with Crippen LogP contribution in [0.2, 0.25) is 0 Å². The largest absolute Gasteiger partial charge is 0.313 e. The molecule has 0 N–H and O–H groups in total. The molecule has 0 atom stereocenters. The van der Waals surface area contributed by atoms with Gasteiger partial charge >= 0.3 is 0 Å². The lowest BCUT2D eigenvalue weighted by molar-refractivity contribution is 0.602. The number of hydrogen-bond acceptors (Lipinski definition) is 4. The molecule has 2 rings (SSSR count). The third-order valence-corrected chi connectivity index (χ3v) is 3.99. The smallest absolute Gasteiger partial charge is 0.175 e. The lowest BCUT2D eigenvalue weighted by Gasteiger charge is -2.03. The summed E-state index contributed by atoms with van der Waals surface area (Å²) in [6.07, 6.45) is 1.18.